The molecule has 0 radical (unpaired) electrons. The fraction of sp³-hybridized carbons (Fsp3) is 0.133. The fourth-order valence-electron chi connectivity index (χ4n) is 2.12. The molecule has 1 heterocycles. The van der Waals surface area contributed by atoms with Crippen LogP contribution in [0.1, 0.15) is 5.56 Å². The van der Waals surface area contributed by atoms with Crippen molar-refractivity contribution in [2.45, 2.75) is 13.2 Å². The number of hydrogen-bond donors (Lipinski definition) is 0. The van der Waals surface area contributed by atoms with E-state index in [1.54, 1.807) is 29.1 Å². The lowest BCUT2D eigenvalue weighted by Crippen LogP contribution is -2.03. The first kappa shape index (κ1) is 13.5. The summed E-state index contributed by atoms with van der Waals surface area (Å²) in [6.07, 6.45) is 1.66. The van der Waals surface area contributed by atoms with Gasteiger partial charge in [0, 0.05) is 5.39 Å². The Bertz CT molecular complexity index is 753. The first-order valence-corrected chi connectivity index (χ1v) is 6.26. The van der Waals surface area contributed by atoms with Crippen LogP contribution in [0.5, 0.6) is 5.75 Å². The third-order valence-corrected chi connectivity index (χ3v) is 3.09. The van der Waals surface area contributed by atoms with Crippen molar-refractivity contribution in [3.63, 3.8) is 0 Å². The summed E-state index contributed by atoms with van der Waals surface area (Å²) in [7, 11) is 0. The number of hydrogen-bond acceptors (Lipinski definition) is 2. The average Bonchev–Trinajstić information content (AvgIpc) is 2.83. The van der Waals surface area contributed by atoms with Gasteiger partial charge in [0.15, 0.2) is 0 Å². The molecule has 0 atom stereocenters. The first-order valence-electron chi connectivity index (χ1n) is 6.26. The van der Waals surface area contributed by atoms with E-state index in [0.717, 1.165) is 10.9 Å². The molecule has 108 valence electrons. The van der Waals surface area contributed by atoms with Crippen molar-refractivity contribution >= 4 is 10.9 Å². The number of alkyl halides is 2. The highest BCUT2D eigenvalue weighted by Gasteiger charge is 2.06. The van der Waals surface area contributed by atoms with Crippen LogP contribution < -0.4 is 4.74 Å². The van der Waals surface area contributed by atoms with Gasteiger partial charge in [-0.05, 0) is 35.9 Å². The summed E-state index contributed by atoms with van der Waals surface area (Å²) in [5.41, 5.74) is 1.54. The zero-order valence-corrected chi connectivity index (χ0v) is 10.8. The topological polar surface area (TPSA) is 27.1 Å². The Morgan fingerprint density at radius 1 is 1.10 bits per heavy atom. The molecule has 0 amide bonds. The van der Waals surface area contributed by atoms with Crippen LogP contribution in [0.2, 0.25) is 0 Å². The molecule has 0 spiro atoms. The summed E-state index contributed by atoms with van der Waals surface area (Å²) in [6, 6.07) is 10.7. The standard InChI is InChI=1S/C15H11F3N2O/c16-12-4-3-11-8-19-20(14(11)7-12)9-10-1-5-13(6-2-10)21-15(17)18/h1-8,15H,9H2. The molecule has 1 aromatic heterocycles. The Morgan fingerprint density at radius 2 is 1.86 bits per heavy atom. The lowest BCUT2D eigenvalue weighted by Gasteiger charge is -2.07. The van der Waals surface area contributed by atoms with Crippen LogP contribution in [0.15, 0.2) is 48.7 Å². The quantitative estimate of drug-likeness (QED) is 0.731. The summed E-state index contributed by atoms with van der Waals surface area (Å²) in [5.74, 6) is -0.227. The molecule has 3 rings (SSSR count). The molecule has 21 heavy (non-hydrogen) atoms. The number of ether oxygens (including phenoxy) is 1. The molecular weight excluding hydrogens is 281 g/mol. The molecule has 0 unspecified atom stereocenters. The maximum Gasteiger partial charge on any atom is 0.387 e. The van der Waals surface area contributed by atoms with Gasteiger partial charge in [-0.25, -0.2) is 4.39 Å². The second-order valence-corrected chi connectivity index (χ2v) is 4.53. The Balaban J connectivity index is 1.83. The first-order chi connectivity index (χ1) is 10.1. The molecule has 0 bridgehead atoms. The minimum absolute atomic E-state index is 0.102. The Hall–Kier alpha value is -2.50. The average molecular weight is 292 g/mol. The second-order valence-electron chi connectivity index (χ2n) is 4.53. The van der Waals surface area contributed by atoms with Crippen molar-refractivity contribution in [1.82, 2.24) is 9.78 Å². The Morgan fingerprint density at radius 3 is 2.57 bits per heavy atom. The van der Waals surface area contributed by atoms with Crippen molar-refractivity contribution in [1.29, 1.82) is 0 Å². The maximum atomic E-state index is 13.3. The van der Waals surface area contributed by atoms with Crippen LogP contribution in [0.4, 0.5) is 13.2 Å². The largest absolute Gasteiger partial charge is 0.435 e. The van der Waals surface area contributed by atoms with E-state index in [1.165, 1.54) is 24.3 Å². The molecule has 0 N–H and O–H groups in total. The van der Waals surface area contributed by atoms with E-state index in [-0.39, 0.29) is 11.6 Å². The van der Waals surface area contributed by atoms with Gasteiger partial charge in [0.25, 0.3) is 0 Å². The minimum atomic E-state index is -2.84. The Kier molecular flexibility index (Phi) is 3.51. The van der Waals surface area contributed by atoms with E-state index >= 15 is 0 Å². The molecule has 0 saturated heterocycles. The van der Waals surface area contributed by atoms with Crippen LogP contribution >= 0.6 is 0 Å². The zero-order chi connectivity index (χ0) is 14.8. The van der Waals surface area contributed by atoms with Gasteiger partial charge in [0.2, 0.25) is 0 Å². The SMILES string of the molecule is Fc1ccc2cnn(Cc3ccc(OC(F)F)cc3)c2c1. The fourth-order valence-corrected chi connectivity index (χ4v) is 2.12. The number of nitrogens with zero attached hydrogens (tertiary/aromatic N) is 2. The predicted octanol–water partition coefficient (Wildman–Crippen LogP) is 3.83. The van der Waals surface area contributed by atoms with Gasteiger partial charge in [0.1, 0.15) is 11.6 Å². The van der Waals surface area contributed by atoms with Crippen LogP contribution in [-0.2, 0) is 6.54 Å². The van der Waals surface area contributed by atoms with E-state index in [4.69, 9.17) is 0 Å². The van der Waals surface area contributed by atoms with Gasteiger partial charge in [-0.15, -0.1) is 0 Å². The normalized spacial score (nSPS) is 11.2. The van der Waals surface area contributed by atoms with Crippen molar-refractivity contribution in [3.8, 4) is 5.75 Å². The lowest BCUT2D eigenvalue weighted by molar-refractivity contribution is -0.0498. The van der Waals surface area contributed by atoms with Crippen LogP contribution in [0.25, 0.3) is 10.9 Å². The lowest BCUT2D eigenvalue weighted by atomic mass is 10.2. The van der Waals surface area contributed by atoms with Crippen molar-refractivity contribution in [2.24, 2.45) is 0 Å². The molecule has 0 aliphatic rings. The Labute approximate surface area is 118 Å². The zero-order valence-electron chi connectivity index (χ0n) is 10.8. The number of benzene rings is 2. The highest BCUT2D eigenvalue weighted by molar-refractivity contribution is 5.78. The maximum absolute atomic E-state index is 13.3. The third-order valence-electron chi connectivity index (χ3n) is 3.09. The van der Waals surface area contributed by atoms with Gasteiger partial charge >= 0.3 is 6.61 Å². The third kappa shape index (κ3) is 2.99. The summed E-state index contributed by atoms with van der Waals surface area (Å²) < 4.78 is 43.4. The van der Waals surface area contributed by atoms with E-state index in [9.17, 15) is 13.2 Å². The summed E-state index contributed by atoms with van der Waals surface area (Å²) in [5, 5.41) is 5.04. The number of fused-ring (bicyclic) bond motifs is 1. The van der Waals surface area contributed by atoms with Crippen molar-refractivity contribution < 1.29 is 17.9 Å². The summed E-state index contributed by atoms with van der Waals surface area (Å²) in [6.45, 7) is -2.42. The molecule has 0 fully saturated rings. The van der Waals surface area contributed by atoms with Crippen LogP contribution in [0, 0.1) is 5.82 Å². The van der Waals surface area contributed by atoms with Crippen LogP contribution in [-0.4, -0.2) is 16.4 Å². The van der Waals surface area contributed by atoms with Gasteiger partial charge in [-0.2, -0.15) is 13.9 Å². The predicted molar refractivity (Wildman–Crippen MR) is 71.9 cm³/mol. The van der Waals surface area contributed by atoms with E-state index in [0.29, 0.717) is 12.1 Å². The molecule has 0 aliphatic heterocycles. The van der Waals surface area contributed by atoms with Gasteiger partial charge < -0.3 is 4.74 Å². The second kappa shape index (κ2) is 5.47. The van der Waals surface area contributed by atoms with Gasteiger partial charge in [0.05, 0.1) is 18.3 Å². The highest BCUT2D eigenvalue weighted by atomic mass is 19.3. The van der Waals surface area contributed by atoms with E-state index in [2.05, 4.69) is 9.84 Å². The molecule has 2 aromatic carbocycles. The number of rotatable bonds is 4. The highest BCUT2D eigenvalue weighted by Crippen LogP contribution is 2.19. The molecule has 0 saturated carbocycles. The van der Waals surface area contributed by atoms with E-state index in [1.807, 2.05) is 0 Å². The molecule has 0 aliphatic carbocycles. The summed E-state index contributed by atoms with van der Waals surface area (Å²) in [4.78, 5) is 0. The summed E-state index contributed by atoms with van der Waals surface area (Å²) >= 11 is 0. The monoisotopic (exact) mass is 292 g/mol. The molecular formula is C15H11F3N2O. The smallest absolute Gasteiger partial charge is 0.387 e. The number of aromatic nitrogens is 2. The number of halogens is 3. The van der Waals surface area contributed by atoms with Crippen LogP contribution in [0.3, 0.4) is 0 Å². The van der Waals surface area contributed by atoms with Crippen molar-refractivity contribution in [3.05, 3.63) is 60.0 Å². The van der Waals surface area contributed by atoms with Gasteiger partial charge in [-0.3, -0.25) is 4.68 Å². The van der Waals surface area contributed by atoms with Crippen molar-refractivity contribution in [2.75, 3.05) is 0 Å². The van der Waals surface area contributed by atoms with E-state index < -0.39 is 6.61 Å². The molecule has 3 nitrogen and oxygen atoms in total. The molecule has 3 aromatic rings. The minimum Gasteiger partial charge on any atom is -0.435 e. The molecule has 6 heteroatoms. The van der Waals surface area contributed by atoms with Gasteiger partial charge in [-0.1, -0.05) is 12.1 Å².